The summed E-state index contributed by atoms with van der Waals surface area (Å²) in [7, 11) is 0. The van der Waals surface area contributed by atoms with Crippen molar-refractivity contribution in [2.75, 3.05) is 13.1 Å². The number of thiazole rings is 1. The Kier molecular flexibility index (Phi) is 3.49. The van der Waals surface area contributed by atoms with Crippen LogP contribution < -0.4 is 0 Å². The summed E-state index contributed by atoms with van der Waals surface area (Å²) in [6.45, 7) is 0.484. The van der Waals surface area contributed by atoms with E-state index in [-0.39, 0.29) is 11.4 Å². The van der Waals surface area contributed by atoms with Crippen molar-refractivity contribution >= 4 is 23.2 Å². The van der Waals surface area contributed by atoms with E-state index in [1.54, 1.807) is 6.92 Å². The molecule has 1 unspecified atom stereocenters. The first-order chi connectivity index (χ1) is 9.19. The molecular formula is C11H11F3N2O3S. The van der Waals surface area contributed by atoms with E-state index in [4.69, 9.17) is 5.11 Å². The molecule has 1 N–H and O–H groups in total. The number of rotatable bonds is 2. The van der Waals surface area contributed by atoms with Crippen LogP contribution in [0.4, 0.5) is 13.2 Å². The summed E-state index contributed by atoms with van der Waals surface area (Å²) in [4.78, 5) is 28.2. The molecule has 20 heavy (non-hydrogen) atoms. The number of carboxylic acid groups (broad SMARTS) is 1. The normalized spacial score (nSPS) is 23.1. The van der Waals surface area contributed by atoms with Gasteiger partial charge in [-0.25, -0.2) is 4.98 Å². The molecule has 1 aliphatic heterocycles. The molecule has 1 fully saturated rings. The Bertz CT molecular complexity index is 557. The molecule has 5 nitrogen and oxygen atoms in total. The molecular weight excluding hydrogens is 297 g/mol. The number of nitrogens with zero attached hydrogens (tertiary/aromatic N) is 2. The molecule has 1 aliphatic rings. The van der Waals surface area contributed by atoms with E-state index in [0.29, 0.717) is 5.69 Å². The third-order valence-electron chi connectivity index (χ3n) is 3.45. The van der Waals surface area contributed by atoms with Crippen LogP contribution in [0.15, 0.2) is 5.51 Å². The van der Waals surface area contributed by atoms with Crippen molar-refractivity contribution in [1.82, 2.24) is 9.88 Å². The van der Waals surface area contributed by atoms with Crippen molar-refractivity contribution < 1.29 is 27.9 Å². The summed E-state index contributed by atoms with van der Waals surface area (Å²) in [5.74, 6) is -2.54. The Morgan fingerprint density at radius 2 is 2.15 bits per heavy atom. The summed E-state index contributed by atoms with van der Waals surface area (Å²) >= 11 is 1.03. The van der Waals surface area contributed by atoms with Crippen LogP contribution in [0.25, 0.3) is 0 Å². The first-order valence-electron chi connectivity index (χ1n) is 5.68. The fourth-order valence-corrected chi connectivity index (χ4v) is 2.93. The van der Waals surface area contributed by atoms with Gasteiger partial charge in [0, 0.05) is 13.1 Å². The number of carbonyl (C=O) groups is 2. The van der Waals surface area contributed by atoms with Gasteiger partial charge in [-0.3, -0.25) is 9.59 Å². The molecule has 2 rings (SSSR count). The monoisotopic (exact) mass is 308 g/mol. The molecule has 1 saturated heterocycles. The Balaban J connectivity index is 2.26. The van der Waals surface area contributed by atoms with Gasteiger partial charge in [0.15, 0.2) is 5.41 Å². The number of likely N-dealkylation sites (tertiary alicyclic amines) is 1. The van der Waals surface area contributed by atoms with Crippen molar-refractivity contribution in [2.24, 2.45) is 5.41 Å². The lowest BCUT2D eigenvalue weighted by Gasteiger charge is -2.27. The molecule has 0 radical (unpaired) electrons. The van der Waals surface area contributed by atoms with E-state index in [1.165, 1.54) is 5.51 Å². The average Bonchev–Trinajstić information content (AvgIpc) is 2.93. The molecule has 0 saturated carbocycles. The topological polar surface area (TPSA) is 70.5 Å². The number of carboxylic acids is 1. The average molecular weight is 308 g/mol. The number of hydrogen-bond acceptors (Lipinski definition) is 4. The number of hydrogen-bond donors (Lipinski definition) is 1. The first kappa shape index (κ1) is 14.8. The number of carbonyl (C=O) groups excluding carboxylic acids is 1. The highest BCUT2D eigenvalue weighted by molar-refractivity contribution is 7.11. The minimum atomic E-state index is -4.89. The van der Waals surface area contributed by atoms with Gasteiger partial charge in [0.1, 0.15) is 4.88 Å². The highest BCUT2D eigenvalue weighted by Crippen LogP contribution is 2.46. The molecule has 110 valence electrons. The maximum atomic E-state index is 13.0. The van der Waals surface area contributed by atoms with E-state index < -0.39 is 36.4 Å². The zero-order valence-corrected chi connectivity index (χ0v) is 11.2. The lowest BCUT2D eigenvalue weighted by Crippen LogP contribution is -2.47. The Hall–Kier alpha value is -1.64. The maximum absolute atomic E-state index is 13.0. The predicted molar refractivity (Wildman–Crippen MR) is 63.5 cm³/mol. The van der Waals surface area contributed by atoms with Crippen LogP contribution in [-0.4, -0.2) is 46.1 Å². The second-order valence-corrected chi connectivity index (χ2v) is 5.48. The summed E-state index contributed by atoms with van der Waals surface area (Å²) < 4.78 is 39.0. The SMILES string of the molecule is Cc1ncsc1C(=O)N1CCC(C(=O)O)(C(F)(F)F)C1. The van der Waals surface area contributed by atoms with Crippen LogP contribution in [-0.2, 0) is 4.79 Å². The molecule has 1 aromatic heterocycles. The van der Waals surface area contributed by atoms with E-state index in [2.05, 4.69) is 4.98 Å². The van der Waals surface area contributed by atoms with E-state index in [0.717, 1.165) is 16.2 Å². The molecule has 1 amide bonds. The number of aliphatic carboxylic acids is 1. The number of alkyl halides is 3. The van der Waals surface area contributed by atoms with Crippen LogP contribution in [0, 0.1) is 12.3 Å². The summed E-state index contributed by atoms with van der Waals surface area (Å²) in [6.07, 6.45) is -5.52. The van der Waals surface area contributed by atoms with Gasteiger partial charge >= 0.3 is 12.1 Å². The Labute approximate surface area is 116 Å². The van der Waals surface area contributed by atoms with Crippen molar-refractivity contribution in [3.8, 4) is 0 Å². The lowest BCUT2D eigenvalue weighted by molar-refractivity contribution is -0.227. The number of aryl methyl sites for hydroxylation is 1. The third kappa shape index (κ3) is 2.15. The van der Waals surface area contributed by atoms with Gasteiger partial charge in [0.05, 0.1) is 11.2 Å². The molecule has 0 spiro atoms. The van der Waals surface area contributed by atoms with Gasteiger partial charge < -0.3 is 10.0 Å². The Morgan fingerprint density at radius 3 is 2.55 bits per heavy atom. The van der Waals surface area contributed by atoms with E-state index >= 15 is 0 Å². The third-order valence-corrected chi connectivity index (χ3v) is 4.36. The number of amides is 1. The van der Waals surface area contributed by atoms with Gasteiger partial charge in [0.2, 0.25) is 0 Å². The predicted octanol–water partition coefficient (Wildman–Crippen LogP) is 1.93. The molecule has 1 aromatic rings. The quantitative estimate of drug-likeness (QED) is 0.906. The van der Waals surface area contributed by atoms with Gasteiger partial charge in [-0.05, 0) is 13.3 Å². The van der Waals surface area contributed by atoms with Gasteiger partial charge in [-0.1, -0.05) is 0 Å². The van der Waals surface area contributed by atoms with Crippen molar-refractivity contribution in [1.29, 1.82) is 0 Å². The standard InChI is InChI=1S/C11H11F3N2O3S/c1-6-7(20-5-15-6)8(17)16-3-2-10(4-16,9(18)19)11(12,13)14/h5H,2-4H2,1H3,(H,18,19). The largest absolute Gasteiger partial charge is 0.481 e. The first-order valence-corrected chi connectivity index (χ1v) is 6.56. The van der Waals surface area contributed by atoms with Crippen LogP contribution in [0.5, 0.6) is 0 Å². The fraction of sp³-hybridized carbons (Fsp3) is 0.545. The van der Waals surface area contributed by atoms with Crippen LogP contribution in [0.1, 0.15) is 21.8 Å². The highest BCUT2D eigenvalue weighted by atomic mass is 32.1. The fourth-order valence-electron chi connectivity index (χ4n) is 2.16. The van der Waals surface area contributed by atoms with Crippen molar-refractivity contribution in [3.63, 3.8) is 0 Å². The number of aromatic nitrogens is 1. The molecule has 0 bridgehead atoms. The molecule has 2 heterocycles. The molecule has 9 heteroatoms. The second-order valence-electron chi connectivity index (χ2n) is 4.63. The van der Waals surface area contributed by atoms with E-state index in [9.17, 15) is 22.8 Å². The van der Waals surface area contributed by atoms with Crippen molar-refractivity contribution in [3.05, 3.63) is 16.1 Å². The van der Waals surface area contributed by atoms with E-state index in [1.807, 2.05) is 0 Å². The van der Waals surface area contributed by atoms with Crippen LogP contribution >= 0.6 is 11.3 Å². The van der Waals surface area contributed by atoms with Gasteiger partial charge in [-0.2, -0.15) is 13.2 Å². The maximum Gasteiger partial charge on any atom is 0.406 e. The molecule has 1 atom stereocenters. The zero-order chi connectivity index (χ0) is 15.1. The zero-order valence-electron chi connectivity index (χ0n) is 10.4. The summed E-state index contributed by atoms with van der Waals surface area (Å²) in [6, 6.07) is 0. The van der Waals surface area contributed by atoms with Gasteiger partial charge in [0.25, 0.3) is 5.91 Å². The second kappa shape index (κ2) is 4.72. The summed E-state index contributed by atoms with van der Waals surface area (Å²) in [5.41, 5.74) is -1.02. The minimum absolute atomic E-state index is 0.234. The molecule has 0 aromatic carbocycles. The van der Waals surface area contributed by atoms with Crippen LogP contribution in [0.2, 0.25) is 0 Å². The Morgan fingerprint density at radius 1 is 1.50 bits per heavy atom. The van der Waals surface area contributed by atoms with Gasteiger partial charge in [-0.15, -0.1) is 11.3 Å². The molecule has 0 aliphatic carbocycles. The lowest BCUT2D eigenvalue weighted by atomic mass is 9.86. The van der Waals surface area contributed by atoms with Crippen molar-refractivity contribution in [2.45, 2.75) is 19.5 Å². The summed E-state index contributed by atoms with van der Waals surface area (Å²) in [5, 5.41) is 8.92. The highest BCUT2D eigenvalue weighted by Gasteiger charge is 2.64. The minimum Gasteiger partial charge on any atom is -0.481 e. The van der Waals surface area contributed by atoms with Crippen LogP contribution in [0.3, 0.4) is 0 Å². The smallest absolute Gasteiger partial charge is 0.406 e. The number of halogens is 3.